The molecule has 0 spiro atoms. The van der Waals surface area contributed by atoms with Crippen LogP contribution >= 0.6 is 11.6 Å². The highest BCUT2D eigenvalue weighted by atomic mass is 35.5. The summed E-state index contributed by atoms with van der Waals surface area (Å²) >= 11 is 6.78. The Morgan fingerprint density at radius 3 is 2.50 bits per heavy atom. The highest BCUT2D eigenvalue weighted by molar-refractivity contribution is 6.35. The second-order valence-corrected chi connectivity index (χ2v) is 10.6. The first-order valence-corrected chi connectivity index (χ1v) is 13.8. The van der Waals surface area contributed by atoms with Gasteiger partial charge in [0.05, 0.1) is 70.2 Å². The van der Waals surface area contributed by atoms with Gasteiger partial charge in [0.2, 0.25) is 0 Å². The molecule has 0 bridgehead atoms. The van der Waals surface area contributed by atoms with Gasteiger partial charge < -0.3 is 10.6 Å². The van der Waals surface area contributed by atoms with Gasteiger partial charge in [-0.25, -0.2) is 4.68 Å². The number of fused-ring (bicyclic) bond motifs is 1. The summed E-state index contributed by atoms with van der Waals surface area (Å²) in [5.74, 6) is 0. The Kier molecular flexibility index (Phi) is 7.39. The van der Waals surface area contributed by atoms with Crippen molar-refractivity contribution < 1.29 is 0 Å². The molecule has 10 heteroatoms. The van der Waals surface area contributed by atoms with Gasteiger partial charge in [-0.05, 0) is 48.2 Å². The maximum Gasteiger partial charge on any atom is 0.109 e. The molecule has 0 saturated heterocycles. The van der Waals surface area contributed by atoms with Crippen molar-refractivity contribution in [3.05, 3.63) is 112 Å². The van der Waals surface area contributed by atoms with E-state index in [4.69, 9.17) is 11.6 Å². The normalized spacial score (nSPS) is 13.9. The quantitative estimate of drug-likeness (QED) is 0.197. The van der Waals surface area contributed by atoms with Gasteiger partial charge in [0.15, 0.2) is 0 Å². The SMILES string of the molecule is N#CC[C@@H](Nc1c(C#N)cnc2c(Cl)cc(NC(c3cccc(C#N)c3)c3cn(C4CC4)nn3)cc12)c1ccccc1. The van der Waals surface area contributed by atoms with Gasteiger partial charge in [0.1, 0.15) is 11.8 Å². The van der Waals surface area contributed by atoms with Crippen LogP contribution in [-0.2, 0) is 0 Å². The maximum absolute atomic E-state index is 9.99. The van der Waals surface area contributed by atoms with Crippen molar-refractivity contribution in [1.29, 1.82) is 15.8 Å². The lowest BCUT2D eigenvalue weighted by Gasteiger charge is -2.22. The molecule has 2 atom stereocenters. The zero-order valence-electron chi connectivity index (χ0n) is 22.4. The topological polar surface area (TPSA) is 139 Å². The van der Waals surface area contributed by atoms with Crippen molar-refractivity contribution in [3.63, 3.8) is 0 Å². The van der Waals surface area contributed by atoms with Crippen LogP contribution in [0.3, 0.4) is 0 Å². The minimum atomic E-state index is -0.432. The van der Waals surface area contributed by atoms with Crippen molar-refractivity contribution >= 4 is 33.9 Å². The van der Waals surface area contributed by atoms with Crippen LogP contribution in [0, 0.1) is 34.0 Å². The predicted molar refractivity (Wildman–Crippen MR) is 159 cm³/mol. The van der Waals surface area contributed by atoms with Crippen LogP contribution in [0.1, 0.15) is 65.3 Å². The minimum absolute atomic E-state index is 0.193. The second kappa shape index (κ2) is 11.6. The molecule has 42 heavy (non-hydrogen) atoms. The van der Waals surface area contributed by atoms with Gasteiger partial charge in [-0.15, -0.1) is 5.10 Å². The third-order valence-electron chi connectivity index (χ3n) is 7.27. The number of hydrogen-bond donors (Lipinski definition) is 2. The van der Waals surface area contributed by atoms with Gasteiger partial charge in [-0.2, -0.15) is 15.8 Å². The molecular formula is C32H24ClN9. The molecule has 6 rings (SSSR count). The molecule has 2 aromatic heterocycles. The van der Waals surface area contributed by atoms with E-state index in [-0.39, 0.29) is 12.5 Å². The first-order valence-electron chi connectivity index (χ1n) is 13.5. The molecule has 3 aromatic carbocycles. The number of nitriles is 3. The van der Waals surface area contributed by atoms with Crippen LogP contribution in [-0.4, -0.2) is 20.0 Å². The summed E-state index contributed by atoms with van der Waals surface area (Å²) in [6, 6.07) is 26.9. The summed E-state index contributed by atoms with van der Waals surface area (Å²) in [7, 11) is 0. The van der Waals surface area contributed by atoms with E-state index in [0.29, 0.717) is 50.2 Å². The Balaban J connectivity index is 1.44. The number of benzene rings is 3. The van der Waals surface area contributed by atoms with Crippen molar-refractivity contribution in [1.82, 2.24) is 20.0 Å². The number of rotatable bonds is 9. The first-order chi connectivity index (χ1) is 20.6. The highest BCUT2D eigenvalue weighted by Crippen LogP contribution is 2.38. The lowest BCUT2D eigenvalue weighted by atomic mass is 10.0. The zero-order chi connectivity index (χ0) is 29.1. The van der Waals surface area contributed by atoms with Crippen LogP contribution in [0.4, 0.5) is 11.4 Å². The van der Waals surface area contributed by atoms with Crippen LogP contribution in [0.5, 0.6) is 0 Å². The van der Waals surface area contributed by atoms with Crippen LogP contribution < -0.4 is 10.6 Å². The maximum atomic E-state index is 9.99. The molecule has 0 aliphatic heterocycles. The average molecular weight is 570 g/mol. The van der Waals surface area contributed by atoms with E-state index < -0.39 is 6.04 Å². The fraction of sp³-hybridized carbons (Fsp3) is 0.188. The van der Waals surface area contributed by atoms with E-state index in [1.165, 1.54) is 6.20 Å². The third-order valence-corrected chi connectivity index (χ3v) is 7.55. The standard InChI is InChI=1S/C32H24ClN9/c33-27-15-24(38-31(22-8-4-5-20(13-22)16-35)29-19-42(41-40-29)25-9-10-25)14-26-30(23(17-36)18-37-32(26)27)39-28(11-12-34)21-6-2-1-3-7-21/h1-8,13-15,18-19,25,28,31,38H,9-11H2,(H,37,39)/t28-,31?/m1/s1. The van der Waals surface area contributed by atoms with Crippen molar-refractivity contribution in [2.45, 2.75) is 37.4 Å². The van der Waals surface area contributed by atoms with E-state index in [0.717, 1.165) is 24.0 Å². The molecule has 2 N–H and O–H groups in total. The fourth-order valence-corrected chi connectivity index (χ4v) is 5.28. The molecule has 1 fully saturated rings. The van der Waals surface area contributed by atoms with E-state index in [1.807, 2.05) is 65.5 Å². The van der Waals surface area contributed by atoms with E-state index in [2.05, 4.69) is 44.1 Å². The number of anilines is 2. The number of pyridine rings is 1. The monoisotopic (exact) mass is 569 g/mol. The van der Waals surface area contributed by atoms with Crippen LogP contribution in [0.25, 0.3) is 10.9 Å². The van der Waals surface area contributed by atoms with Crippen molar-refractivity contribution in [2.75, 3.05) is 10.6 Å². The number of hydrogen-bond acceptors (Lipinski definition) is 8. The molecule has 2 heterocycles. The molecule has 0 amide bonds. The number of aromatic nitrogens is 4. The Morgan fingerprint density at radius 1 is 0.952 bits per heavy atom. The minimum Gasteiger partial charge on any atom is -0.376 e. The largest absolute Gasteiger partial charge is 0.376 e. The van der Waals surface area contributed by atoms with Gasteiger partial charge in [0, 0.05) is 17.3 Å². The Morgan fingerprint density at radius 2 is 1.76 bits per heavy atom. The van der Waals surface area contributed by atoms with Crippen molar-refractivity contribution in [3.8, 4) is 18.2 Å². The summed E-state index contributed by atoms with van der Waals surface area (Å²) in [4.78, 5) is 4.48. The molecule has 204 valence electrons. The van der Waals surface area contributed by atoms with Gasteiger partial charge in [-0.3, -0.25) is 4.98 Å². The highest BCUT2D eigenvalue weighted by Gasteiger charge is 2.27. The van der Waals surface area contributed by atoms with Gasteiger partial charge in [-0.1, -0.05) is 59.3 Å². The number of halogens is 1. The van der Waals surface area contributed by atoms with Gasteiger partial charge >= 0.3 is 0 Å². The van der Waals surface area contributed by atoms with Crippen LogP contribution in [0.15, 0.2) is 79.1 Å². The summed E-state index contributed by atoms with van der Waals surface area (Å²) in [6.07, 6.45) is 5.77. The summed E-state index contributed by atoms with van der Waals surface area (Å²) < 4.78 is 1.88. The summed E-state index contributed by atoms with van der Waals surface area (Å²) in [6.45, 7) is 0. The molecular weight excluding hydrogens is 546 g/mol. The van der Waals surface area contributed by atoms with Crippen molar-refractivity contribution in [2.24, 2.45) is 0 Å². The number of nitrogens with one attached hydrogen (secondary N) is 2. The first kappa shape index (κ1) is 26.8. The average Bonchev–Trinajstić information content (AvgIpc) is 3.76. The van der Waals surface area contributed by atoms with Crippen LogP contribution in [0.2, 0.25) is 5.02 Å². The summed E-state index contributed by atoms with van der Waals surface area (Å²) in [5, 5.41) is 45.9. The molecule has 9 nitrogen and oxygen atoms in total. The van der Waals surface area contributed by atoms with Gasteiger partial charge in [0.25, 0.3) is 0 Å². The summed E-state index contributed by atoms with van der Waals surface area (Å²) in [5.41, 5.74) is 5.06. The molecule has 1 aliphatic rings. The van der Waals surface area contributed by atoms with E-state index >= 15 is 0 Å². The van der Waals surface area contributed by atoms with E-state index in [9.17, 15) is 15.8 Å². The molecule has 1 unspecified atom stereocenters. The lowest BCUT2D eigenvalue weighted by Crippen LogP contribution is -2.14. The fourth-order valence-electron chi connectivity index (χ4n) is 5.01. The Bertz CT molecular complexity index is 1890. The Labute approximate surface area is 247 Å². The van der Waals surface area contributed by atoms with E-state index in [1.54, 1.807) is 12.1 Å². The molecule has 1 aliphatic carbocycles. The predicted octanol–water partition coefficient (Wildman–Crippen LogP) is 6.83. The molecule has 5 aromatic rings. The lowest BCUT2D eigenvalue weighted by molar-refractivity contribution is 0.610. The third kappa shape index (κ3) is 5.45. The number of nitrogens with zero attached hydrogens (tertiary/aromatic N) is 7. The smallest absolute Gasteiger partial charge is 0.109 e. The Hall–Kier alpha value is -5.43. The molecule has 0 radical (unpaired) electrons. The zero-order valence-corrected chi connectivity index (χ0v) is 23.1. The molecule has 1 saturated carbocycles. The second-order valence-electron chi connectivity index (χ2n) is 10.2.